The molecule has 0 fully saturated rings. The number of aliphatic hydroxyl groups is 1. The van der Waals surface area contributed by atoms with E-state index in [-0.39, 0.29) is 6.54 Å². The number of carbonyl (C=O) groups excluding carboxylic acids is 1. The van der Waals surface area contributed by atoms with Gasteiger partial charge in [0.25, 0.3) is 0 Å². The molecule has 0 radical (unpaired) electrons. The van der Waals surface area contributed by atoms with Gasteiger partial charge in [0.1, 0.15) is 11.9 Å². The maximum absolute atomic E-state index is 11.8. The molecule has 0 aliphatic rings. The summed E-state index contributed by atoms with van der Waals surface area (Å²) in [4.78, 5) is 11.8. The van der Waals surface area contributed by atoms with Crippen molar-refractivity contribution >= 4 is 11.7 Å². The lowest BCUT2D eigenvalue weighted by molar-refractivity contribution is 0.149. The maximum atomic E-state index is 11.8. The molecule has 0 saturated heterocycles. The molecule has 2 amide bonds. The molecular weight excluding hydrogens is 260 g/mol. The quantitative estimate of drug-likeness (QED) is 0.790. The summed E-state index contributed by atoms with van der Waals surface area (Å²) in [5, 5.41) is 19.3. The van der Waals surface area contributed by atoms with Gasteiger partial charge in [-0.2, -0.15) is 5.10 Å². The Balaban J connectivity index is 1.90. The minimum atomic E-state index is -0.869. The summed E-state index contributed by atoms with van der Waals surface area (Å²) < 4.78 is 6.75. The van der Waals surface area contributed by atoms with Crippen LogP contribution >= 0.6 is 0 Å². The van der Waals surface area contributed by atoms with Gasteiger partial charge in [-0.05, 0) is 26.0 Å². The van der Waals surface area contributed by atoms with Crippen molar-refractivity contribution in [1.29, 1.82) is 0 Å². The van der Waals surface area contributed by atoms with Crippen LogP contribution in [0.15, 0.2) is 22.8 Å². The van der Waals surface area contributed by atoms with E-state index in [1.54, 1.807) is 16.8 Å². The van der Waals surface area contributed by atoms with E-state index in [4.69, 9.17) is 4.42 Å². The second kappa shape index (κ2) is 5.79. The second-order valence-electron chi connectivity index (χ2n) is 4.54. The molecule has 7 nitrogen and oxygen atoms in total. The van der Waals surface area contributed by atoms with E-state index >= 15 is 0 Å². The summed E-state index contributed by atoms with van der Waals surface area (Å²) in [5.41, 5.74) is 2.29. The van der Waals surface area contributed by atoms with Crippen molar-refractivity contribution in [2.45, 2.75) is 20.0 Å². The van der Waals surface area contributed by atoms with E-state index in [2.05, 4.69) is 15.7 Å². The van der Waals surface area contributed by atoms with Gasteiger partial charge in [0, 0.05) is 7.05 Å². The number of hydrogen-bond acceptors (Lipinski definition) is 4. The minimum Gasteiger partial charge on any atom is -0.467 e. The third-order valence-corrected chi connectivity index (χ3v) is 3.08. The van der Waals surface area contributed by atoms with Crippen molar-refractivity contribution in [3.05, 3.63) is 35.5 Å². The highest BCUT2D eigenvalue weighted by Crippen LogP contribution is 2.18. The summed E-state index contributed by atoms with van der Waals surface area (Å²) in [5.74, 6) is 0.416. The fraction of sp³-hybridized carbons (Fsp3) is 0.385. The van der Waals surface area contributed by atoms with Crippen LogP contribution in [-0.2, 0) is 7.05 Å². The normalized spacial score (nSPS) is 12.2. The van der Waals surface area contributed by atoms with Crippen molar-refractivity contribution in [2.75, 3.05) is 11.9 Å². The molecule has 0 saturated carbocycles. The Morgan fingerprint density at radius 3 is 2.85 bits per heavy atom. The summed E-state index contributed by atoms with van der Waals surface area (Å²) in [6.07, 6.45) is 0.605. The van der Waals surface area contributed by atoms with Crippen LogP contribution in [0.2, 0.25) is 0 Å². The van der Waals surface area contributed by atoms with Crippen molar-refractivity contribution in [2.24, 2.45) is 7.05 Å². The molecule has 108 valence electrons. The van der Waals surface area contributed by atoms with Gasteiger partial charge in [-0.25, -0.2) is 4.79 Å². The van der Waals surface area contributed by atoms with Crippen LogP contribution in [0.5, 0.6) is 0 Å². The molecule has 7 heteroatoms. The van der Waals surface area contributed by atoms with Gasteiger partial charge in [-0.3, -0.25) is 4.68 Å². The average Bonchev–Trinajstić information content (AvgIpc) is 3.01. The van der Waals surface area contributed by atoms with Crippen molar-refractivity contribution in [1.82, 2.24) is 15.1 Å². The molecule has 2 rings (SSSR count). The number of aromatic nitrogens is 2. The summed E-state index contributed by atoms with van der Waals surface area (Å²) >= 11 is 0. The first-order valence-electron chi connectivity index (χ1n) is 6.25. The lowest BCUT2D eigenvalue weighted by atomic mass is 10.3. The third-order valence-electron chi connectivity index (χ3n) is 3.08. The number of anilines is 1. The molecule has 0 aromatic carbocycles. The monoisotopic (exact) mass is 278 g/mol. The Kier molecular flexibility index (Phi) is 4.09. The highest BCUT2D eigenvalue weighted by molar-refractivity contribution is 5.90. The van der Waals surface area contributed by atoms with Crippen molar-refractivity contribution < 1.29 is 14.3 Å². The molecule has 0 bridgehead atoms. The molecule has 0 spiro atoms. The van der Waals surface area contributed by atoms with E-state index in [0.717, 1.165) is 11.4 Å². The molecule has 0 aliphatic heterocycles. The van der Waals surface area contributed by atoms with Gasteiger partial charge >= 0.3 is 6.03 Å². The van der Waals surface area contributed by atoms with Crippen molar-refractivity contribution in [3.8, 4) is 0 Å². The van der Waals surface area contributed by atoms with E-state index in [1.165, 1.54) is 6.26 Å². The first-order chi connectivity index (χ1) is 9.49. The van der Waals surface area contributed by atoms with Gasteiger partial charge in [-0.15, -0.1) is 0 Å². The largest absolute Gasteiger partial charge is 0.467 e. The van der Waals surface area contributed by atoms with Gasteiger partial charge < -0.3 is 20.2 Å². The van der Waals surface area contributed by atoms with Gasteiger partial charge in [0.15, 0.2) is 0 Å². The predicted octanol–water partition coefficient (Wildman–Crippen LogP) is 1.49. The van der Waals surface area contributed by atoms with Gasteiger partial charge in [0.05, 0.1) is 29.9 Å². The number of urea groups is 1. The Bertz CT molecular complexity index is 589. The number of nitrogens with one attached hydrogen (secondary N) is 2. The zero-order valence-electron chi connectivity index (χ0n) is 11.7. The zero-order valence-corrected chi connectivity index (χ0v) is 11.7. The average molecular weight is 278 g/mol. The maximum Gasteiger partial charge on any atom is 0.319 e. The fourth-order valence-corrected chi connectivity index (χ4v) is 1.88. The van der Waals surface area contributed by atoms with E-state index in [1.807, 2.05) is 20.9 Å². The number of furan rings is 1. The minimum absolute atomic E-state index is 0.0672. The van der Waals surface area contributed by atoms with Gasteiger partial charge in [-0.1, -0.05) is 0 Å². The summed E-state index contributed by atoms with van der Waals surface area (Å²) in [7, 11) is 1.81. The Morgan fingerprint density at radius 2 is 2.30 bits per heavy atom. The zero-order chi connectivity index (χ0) is 14.7. The molecule has 0 aliphatic carbocycles. The predicted molar refractivity (Wildman–Crippen MR) is 73.4 cm³/mol. The lowest BCUT2D eigenvalue weighted by Gasteiger charge is -2.11. The topological polar surface area (TPSA) is 92.3 Å². The van der Waals surface area contributed by atoms with Crippen molar-refractivity contribution in [3.63, 3.8) is 0 Å². The van der Waals surface area contributed by atoms with E-state index in [0.29, 0.717) is 11.4 Å². The SMILES string of the molecule is Cc1nn(C)c(C)c1NC(=O)NC[C@@H](O)c1ccco1. The van der Waals surface area contributed by atoms with E-state index in [9.17, 15) is 9.90 Å². The molecule has 1 atom stereocenters. The molecule has 2 aromatic heterocycles. The first kappa shape index (κ1) is 14.1. The number of aryl methyl sites for hydroxylation is 2. The number of nitrogens with zero attached hydrogens (tertiary/aromatic N) is 2. The molecule has 0 unspecified atom stereocenters. The second-order valence-corrected chi connectivity index (χ2v) is 4.54. The Morgan fingerprint density at radius 1 is 1.55 bits per heavy atom. The first-order valence-corrected chi connectivity index (χ1v) is 6.25. The van der Waals surface area contributed by atoms with Crippen LogP contribution in [0.4, 0.5) is 10.5 Å². The molecular formula is C13H18N4O3. The summed E-state index contributed by atoms with van der Waals surface area (Å²) in [6, 6.07) is 2.94. The van der Waals surface area contributed by atoms with Gasteiger partial charge in [0.2, 0.25) is 0 Å². The number of hydrogen-bond donors (Lipinski definition) is 3. The smallest absolute Gasteiger partial charge is 0.319 e. The highest BCUT2D eigenvalue weighted by atomic mass is 16.4. The van der Waals surface area contributed by atoms with Crippen LogP contribution < -0.4 is 10.6 Å². The number of aliphatic hydroxyl groups excluding tert-OH is 1. The number of rotatable bonds is 4. The number of carbonyl (C=O) groups is 1. The fourth-order valence-electron chi connectivity index (χ4n) is 1.88. The molecule has 3 N–H and O–H groups in total. The molecule has 2 heterocycles. The Hall–Kier alpha value is -2.28. The molecule has 2 aromatic rings. The number of amides is 2. The van der Waals surface area contributed by atoms with Crippen LogP contribution in [-0.4, -0.2) is 27.5 Å². The van der Waals surface area contributed by atoms with Crippen LogP contribution in [0, 0.1) is 13.8 Å². The lowest BCUT2D eigenvalue weighted by Crippen LogP contribution is -2.32. The summed E-state index contributed by atoms with van der Waals surface area (Å²) in [6.45, 7) is 3.76. The Labute approximate surface area is 116 Å². The van der Waals surface area contributed by atoms with Crippen LogP contribution in [0.3, 0.4) is 0 Å². The standard InChI is InChI=1S/C13H18N4O3/c1-8-12(9(2)17(3)16-8)15-13(19)14-7-10(18)11-5-4-6-20-11/h4-6,10,18H,7H2,1-3H3,(H2,14,15,19)/t10-/m1/s1. The molecule has 20 heavy (non-hydrogen) atoms. The van der Waals surface area contributed by atoms with Crippen LogP contribution in [0.1, 0.15) is 23.3 Å². The van der Waals surface area contributed by atoms with E-state index < -0.39 is 12.1 Å². The van der Waals surface area contributed by atoms with Crippen LogP contribution in [0.25, 0.3) is 0 Å². The highest BCUT2D eigenvalue weighted by Gasteiger charge is 2.14. The third kappa shape index (κ3) is 3.00.